The first-order valence-electron chi connectivity index (χ1n) is 7.71. The van der Waals surface area contributed by atoms with E-state index >= 15 is 0 Å². The minimum absolute atomic E-state index is 0.310. The van der Waals surface area contributed by atoms with Crippen LogP contribution in [0.25, 0.3) is 17.0 Å². The number of benzene rings is 2. The second-order valence-corrected chi connectivity index (χ2v) is 5.73. The minimum Gasteiger partial charge on any atom is -0.426 e. The molecule has 0 aliphatic carbocycles. The smallest absolute Gasteiger partial charge is 0.343 e. The van der Waals surface area contributed by atoms with Crippen LogP contribution in [0.2, 0.25) is 0 Å². The Labute approximate surface area is 138 Å². The Morgan fingerprint density at radius 2 is 1.79 bits per heavy atom. The van der Waals surface area contributed by atoms with Gasteiger partial charge in [0, 0.05) is 5.39 Å². The fourth-order valence-corrected chi connectivity index (χ4v) is 2.84. The first-order valence-corrected chi connectivity index (χ1v) is 7.71. The van der Waals surface area contributed by atoms with Crippen molar-refractivity contribution >= 4 is 23.0 Å². The van der Waals surface area contributed by atoms with Gasteiger partial charge in [-0.3, -0.25) is 4.79 Å². The van der Waals surface area contributed by atoms with E-state index in [2.05, 4.69) is 0 Å². The number of ether oxygens (including phenoxy) is 1. The number of hydrogen-bond acceptors (Lipinski definition) is 4. The molecule has 0 bridgehead atoms. The van der Waals surface area contributed by atoms with Crippen LogP contribution in [-0.4, -0.2) is 5.97 Å². The maximum Gasteiger partial charge on any atom is 0.343 e. The number of carbonyl (C=O) groups is 1. The summed E-state index contributed by atoms with van der Waals surface area (Å²) in [6.07, 6.45) is 3.90. The summed E-state index contributed by atoms with van der Waals surface area (Å²) in [4.78, 5) is 24.2. The van der Waals surface area contributed by atoms with Crippen LogP contribution >= 0.6 is 0 Å². The lowest BCUT2D eigenvalue weighted by atomic mass is 9.95. The van der Waals surface area contributed by atoms with E-state index in [4.69, 9.17) is 9.15 Å². The predicted molar refractivity (Wildman–Crippen MR) is 90.8 cm³/mol. The third-order valence-corrected chi connectivity index (χ3v) is 4.10. The van der Waals surface area contributed by atoms with Gasteiger partial charge in [0.25, 0.3) is 0 Å². The Kier molecular flexibility index (Phi) is 3.50. The summed E-state index contributed by atoms with van der Waals surface area (Å²) in [6.45, 7) is 0. The largest absolute Gasteiger partial charge is 0.426 e. The van der Waals surface area contributed by atoms with Crippen LogP contribution in [0.3, 0.4) is 0 Å². The van der Waals surface area contributed by atoms with Crippen molar-refractivity contribution in [2.45, 2.75) is 6.42 Å². The highest BCUT2D eigenvalue weighted by Gasteiger charge is 2.25. The van der Waals surface area contributed by atoms with Crippen molar-refractivity contribution in [3.63, 3.8) is 0 Å². The van der Waals surface area contributed by atoms with Gasteiger partial charge in [-0.15, -0.1) is 0 Å². The molecule has 24 heavy (non-hydrogen) atoms. The summed E-state index contributed by atoms with van der Waals surface area (Å²) in [5.41, 5.74) is 1.53. The summed E-state index contributed by atoms with van der Waals surface area (Å²) < 4.78 is 10.6. The molecule has 4 nitrogen and oxygen atoms in total. The van der Waals surface area contributed by atoms with Gasteiger partial charge < -0.3 is 9.15 Å². The zero-order valence-corrected chi connectivity index (χ0v) is 12.8. The van der Waals surface area contributed by atoms with Crippen LogP contribution in [0.4, 0.5) is 0 Å². The number of fused-ring (bicyclic) bond motifs is 2. The molecule has 1 unspecified atom stereocenters. The molecule has 4 rings (SSSR count). The molecule has 4 heteroatoms. The topological polar surface area (TPSA) is 56.5 Å². The van der Waals surface area contributed by atoms with Crippen LogP contribution in [0.15, 0.2) is 69.9 Å². The molecule has 0 saturated carbocycles. The molecular formula is C20H14O4. The molecule has 1 aromatic heterocycles. The maximum absolute atomic E-state index is 12.1. The second-order valence-electron chi connectivity index (χ2n) is 5.73. The minimum atomic E-state index is -0.422. The van der Waals surface area contributed by atoms with Gasteiger partial charge in [-0.25, -0.2) is 4.79 Å². The molecule has 0 radical (unpaired) electrons. The van der Waals surface area contributed by atoms with E-state index in [-0.39, 0.29) is 5.97 Å². The summed E-state index contributed by atoms with van der Waals surface area (Å²) in [6, 6.07) is 16.6. The van der Waals surface area contributed by atoms with Crippen LogP contribution < -0.4 is 10.4 Å². The van der Waals surface area contributed by atoms with E-state index in [9.17, 15) is 9.59 Å². The Bertz CT molecular complexity index is 1010. The van der Waals surface area contributed by atoms with Gasteiger partial charge >= 0.3 is 11.6 Å². The number of esters is 1. The highest BCUT2D eigenvalue weighted by molar-refractivity contribution is 5.82. The molecule has 2 aromatic carbocycles. The fraction of sp³-hybridized carbons (Fsp3) is 0.100. The molecule has 1 aliphatic rings. The lowest BCUT2D eigenvalue weighted by Crippen LogP contribution is -2.26. The summed E-state index contributed by atoms with van der Waals surface area (Å²) in [7, 11) is 0. The lowest BCUT2D eigenvalue weighted by molar-refractivity contribution is -0.138. The van der Waals surface area contributed by atoms with Gasteiger partial charge in [-0.1, -0.05) is 48.6 Å². The fourth-order valence-electron chi connectivity index (χ4n) is 2.84. The quantitative estimate of drug-likeness (QED) is 0.412. The maximum atomic E-state index is 12.1. The van der Waals surface area contributed by atoms with Gasteiger partial charge in [0.1, 0.15) is 11.3 Å². The summed E-state index contributed by atoms with van der Waals surface area (Å²) >= 11 is 0. The van der Waals surface area contributed by atoms with Crippen molar-refractivity contribution < 1.29 is 13.9 Å². The molecule has 0 amide bonds. The molecule has 0 saturated heterocycles. The van der Waals surface area contributed by atoms with Crippen molar-refractivity contribution in [1.82, 2.24) is 0 Å². The number of hydrogen-bond donors (Lipinski definition) is 0. The Balaban J connectivity index is 1.65. The molecule has 2 heterocycles. The van der Waals surface area contributed by atoms with Crippen LogP contribution in [0, 0.1) is 5.92 Å². The first kappa shape index (κ1) is 14.5. The molecule has 3 aromatic rings. The third-order valence-electron chi connectivity index (χ3n) is 4.10. The predicted octanol–water partition coefficient (Wildman–Crippen LogP) is 3.58. The number of para-hydroxylation sites is 2. The molecule has 0 spiro atoms. The SMILES string of the molecule is O=C1Oc2ccccc2CC1C=Cc1cc2ccccc2oc1=O. The highest BCUT2D eigenvalue weighted by Crippen LogP contribution is 2.28. The number of carbonyl (C=O) groups excluding carboxylic acids is 1. The van der Waals surface area contributed by atoms with Gasteiger partial charge in [-0.2, -0.15) is 0 Å². The zero-order chi connectivity index (χ0) is 16.5. The zero-order valence-electron chi connectivity index (χ0n) is 12.8. The van der Waals surface area contributed by atoms with E-state index in [1.165, 1.54) is 0 Å². The third kappa shape index (κ3) is 2.63. The first-order chi connectivity index (χ1) is 11.7. The highest BCUT2D eigenvalue weighted by atomic mass is 16.5. The van der Waals surface area contributed by atoms with Crippen LogP contribution in [0.1, 0.15) is 11.1 Å². The average molecular weight is 318 g/mol. The van der Waals surface area contributed by atoms with Gasteiger partial charge in [0.05, 0.1) is 11.5 Å². The monoisotopic (exact) mass is 318 g/mol. The van der Waals surface area contributed by atoms with Gasteiger partial charge in [0.2, 0.25) is 0 Å². The van der Waals surface area contributed by atoms with Gasteiger partial charge in [0.15, 0.2) is 0 Å². The van der Waals surface area contributed by atoms with Crippen molar-refractivity contribution in [3.05, 3.63) is 82.2 Å². The normalized spacial score (nSPS) is 17.0. The Hall–Kier alpha value is -3.14. The Morgan fingerprint density at radius 1 is 1.00 bits per heavy atom. The molecule has 1 atom stereocenters. The molecule has 118 valence electrons. The van der Waals surface area contributed by atoms with Crippen LogP contribution in [0.5, 0.6) is 5.75 Å². The number of rotatable bonds is 2. The van der Waals surface area contributed by atoms with Gasteiger partial charge in [-0.05, 0) is 30.2 Å². The van der Waals surface area contributed by atoms with Crippen molar-refractivity contribution in [3.8, 4) is 5.75 Å². The molecule has 0 N–H and O–H groups in total. The molecule has 0 fully saturated rings. The molecule has 1 aliphatic heterocycles. The van der Waals surface area contributed by atoms with E-state index in [1.54, 1.807) is 30.4 Å². The van der Waals surface area contributed by atoms with E-state index in [1.807, 2.05) is 36.4 Å². The summed E-state index contributed by atoms with van der Waals surface area (Å²) in [5, 5.41) is 0.841. The lowest BCUT2D eigenvalue weighted by Gasteiger charge is -2.20. The van der Waals surface area contributed by atoms with E-state index in [0.29, 0.717) is 23.3 Å². The van der Waals surface area contributed by atoms with Crippen molar-refractivity contribution in [2.24, 2.45) is 5.92 Å². The molecular weight excluding hydrogens is 304 g/mol. The second kappa shape index (κ2) is 5.81. The summed E-state index contributed by atoms with van der Waals surface area (Å²) in [5.74, 6) is -0.113. The van der Waals surface area contributed by atoms with Crippen molar-refractivity contribution in [2.75, 3.05) is 0 Å². The Morgan fingerprint density at radius 3 is 2.71 bits per heavy atom. The van der Waals surface area contributed by atoms with Crippen LogP contribution in [-0.2, 0) is 11.2 Å². The van der Waals surface area contributed by atoms with Crippen molar-refractivity contribution in [1.29, 1.82) is 0 Å². The van der Waals surface area contributed by atoms with E-state index < -0.39 is 11.5 Å². The van der Waals surface area contributed by atoms with E-state index in [0.717, 1.165) is 10.9 Å². The average Bonchev–Trinajstić information content (AvgIpc) is 2.60. The standard InChI is InChI=1S/C20H14O4/c21-19-15(11-13-5-1-3-7-17(13)23-19)9-10-16-12-14-6-2-4-8-18(14)24-20(16)22/h1-11,16H,12H2.